The molecule has 1 aliphatic rings. The minimum atomic E-state index is -0.745. The molecule has 0 bridgehead atoms. The van der Waals surface area contributed by atoms with Crippen molar-refractivity contribution in [3.8, 4) is 5.69 Å². The Morgan fingerprint density at radius 2 is 1.88 bits per heavy atom. The summed E-state index contributed by atoms with van der Waals surface area (Å²) in [5.41, 5.74) is 1.96. The van der Waals surface area contributed by atoms with Crippen molar-refractivity contribution in [3.63, 3.8) is 0 Å². The second-order valence-electron chi connectivity index (χ2n) is 6.40. The quantitative estimate of drug-likeness (QED) is 0.796. The van der Waals surface area contributed by atoms with Gasteiger partial charge in [-0.15, -0.1) is 0 Å². The molecule has 0 spiro atoms. The molecule has 132 valence electrons. The third-order valence-electron chi connectivity index (χ3n) is 4.64. The van der Waals surface area contributed by atoms with E-state index in [2.05, 4.69) is 15.7 Å². The number of aliphatic carboxylic acids is 1. The lowest BCUT2D eigenvalue weighted by Crippen LogP contribution is -2.41. The van der Waals surface area contributed by atoms with E-state index in [1.807, 2.05) is 31.2 Å². The average Bonchev–Trinajstić information content (AvgIpc) is 3.03. The molecule has 7 heteroatoms. The molecule has 1 aromatic carbocycles. The van der Waals surface area contributed by atoms with Crippen LogP contribution in [0.2, 0.25) is 0 Å². The van der Waals surface area contributed by atoms with Crippen LogP contribution in [-0.2, 0) is 4.79 Å². The second-order valence-corrected chi connectivity index (χ2v) is 6.40. The van der Waals surface area contributed by atoms with Crippen molar-refractivity contribution in [2.24, 2.45) is 5.92 Å². The molecular formula is C18H22N4O3. The van der Waals surface area contributed by atoms with Crippen LogP contribution >= 0.6 is 0 Å². The highest BCUT2D eigenvalue weighted by atomic mass is 16.4. The molecule has 0 aliphatic heterocycles. The van der Waals surface area contributed by atoms with E-state index in [-0.39, 0.29) is 18.0 Å². The fourth-order valence-corrected chi connectivity index (χ4v) is 3.21. The van der Waals surface area contributed by atoms with Crippen molar-refractivity contribution in [2.45, 2.75) is 38.6 Å². The number of carboxylic acid groups (broad SMARTS) is 1. The van der Waals surface area contributed by atoms with Crippen molar-refractivity contribution in [1.29, 1.82) is 0 Å². The maximum absolute atomic E-state index is 12.3. The Morgan fingerprint density at radius 3 is 2.56 bits per heavy atom. The first-order valence-electron chi connectivity index (χ1n) is 8.45. The monoisotopic (exact) mass is 342 g/mol. The molecule has 3 rings (SSSR count). The van der Waals surface area contributed by atoms with Crippen molar-refractivity contribution in [1.82, 2.24) is 15.1 Å². The molecule has 3 N–H and O–H groups in total. The van der Waals surface area contributed by atoms with Crippen LogP contribution in [0.3, 0.4) is 0 Å². The Morgan fingerprint density at radius 1 is 1.16 bits per heavy atom. The summed E-state index contributed by atoms with van der Waals surface area (Å²) in [5.74, 6) is -0.445. The Bertz CT molecular complexity index is 763. The summed E-state index contributed by atoms with van der Waals surface area (Å²) in [6, 6.07) is 9.26. The molecule has 1 heterocycles. The second kappa shape index (κ2) is 7.38. The minimum Gasteiger partial charge on any atom is -0.481 e. The summed E-state index contributed by atoms with van der Waals surface area (Å²) in [5, 5.41) is 19.1. The largest absolute Gasteiger partial charge is 0.481 e. The smallest absolute Gasteiger partial charge is 0.320 e. The van der Waals surface area contributed by atoms with Crippen molar-refractivity contribution >= 4 is 17.8 Å². The van der Waals surface area contributed by atoms with Crippen molar-refractivity contribution in [3.05, 3.63) is 42.1 Å². The van der Waals surface area contributed by atoms with Crippen LogP contribution in [0.5, 0.6) is 0 Å². The summed E-state index contributed by atoms with van der Waals surface area (Å²) >= 11 is 0. The number of nitrogens with zero attached hydrogens (tertiary/aromatic N) is 2. The molecule has 1 saturated carbocycles. The highest BCUT2D eigenvalue weighted by molar-refractivity contribution is 5.88. The summed E-state index contributed by atoms with van der Waals surface area (Å²) in [6.45, 7) is 1.99. The molecule has 2 aromatic rings. The molecule has 0 unspecified atom stereocenters. The number of para-hydroxylation sites is 1. The van der Waals surface area contributed by atoms with E-state index >= 15 is 0 Å². The van der Waals surface area contributed by atoms with Gasteiger partial charge in [-0.2, -0.15) is 5.10 Å². The Hall–Kier alpha value is -2.83. The molecule has 1 fully saturated rings. The zero-order chi connectivity index (χ0) is 17.8. The van der Waals surface area contributed by atoms with Gasteiger partial charge in [-0.3, -0.25) is 10.1 Å². The van der Waals surface area contributed by atoms with Gasteiger partial charge in [0.05, 0.1) is 17.8 Å². The van der Waals surface area contributed by atoms with E-state index in [1.165, 1.54) is 0 Å². The summed E-state index contributed by atoms with van der Waals surface area (Å²) in [7, 11) is 0. The SMILES string of the molecule is Cc1ccccc1-n1nccc1NC(=O)NC1CCC(C(=O)O)CC1. The van der Waals surface area contributed by atoms with Crippen LogP contribution in [-0.4, -0.2) is 32.9 Å². The standard InChI is InChI=1S/C18H22N4O3/c1-12-4-2-3-5-15(12)22-16(10-11-19-22)21-18(25)20-14-8-6-13(7-9-14)17(23)24/h2-5,10-11,13-14H,6-9H2,1H3,(H,23,24)(H2,20,21,25). The molecule has 0 saturated heterocycles. The highest BCUT2D eigenvalue weighted by Gasteiger charge is 2.26. The normalized spacial score (nSPS) is 20.0. The fourth-order valence-electron chi connectivity index (χ4n) is 3.21. The lowest BCUT2D eigenvalue weighted by Gasteiger charge is -2.26. The molecule has 0 radical (unpaired) electrons. The third kappa shape index (κ3) is 3.99. The predicted molar refractivity (Wildman–Crippen MR) is 93.8 cm³/mol. The number of urea groups is 1. The van der Waals surface area contributed by atoms with Crippen molar-refractivity contribution < 1.29 is 14.7 Å². The lowest BCUT2D eigenvalue weighted by molar-refractivity contribution is -0.142. The number of benzene rings is 1. The minimum absolute atomic E-state index is 0.00503. The lowest BCUT2D eigenvalue weighted by atomic mass is 9.86. The Labute approximate surface area is 146 Å². The number of aryl methyl sites for hydroxylation is 1. The van der Waals surface area contributed by atoms with Gasteiger partial charge in [-0.1, -0.05) is 18.2 Å². The number of hydrogen-bond acceptors (Lipinski definition) is 3. The van der Waals surface area contributed by atoms with Crippen LogP contribution in [0.1, 0.15) is 31.2 Å². The number of nitrogens with one attached hydrogen (secondary N) is 2. The number of hydrogen-bond donors (Lipinski definition) is 3. The fraction of sp³-hybridized carbons (Fsp3) is 0.389. The third-order valence-corrected chi connectivity index (χ3v) is 4.64. The molecule has 2 amide bonds. The van der Waals surface area contributed by atoms with Gasteiger partial charge in [0.2, 0.25) is 0 Å². The molecule has 0 atom stereocenters. The van der Waals surface area contributed by atoms with E-state index in [1.54, 1.807) is 16.9 Å². The highest BCUT2D eigenvalue weighted by Crippen LogP contribution is 2.24. The summed E-state index contributed by atoms with van der Waals surface area (Å²) in [4.78, 5) is 23.3. The molecule has 1 aliphatic carbocycles. The van der Waals surface area contributed by atoms with E-state index in [9.17, 15) is 9.59 Å². The van der Waals surface area contributed by atoms with E-state index in [0.717, 1.165) is 11.3 Å². The first-order chi connectivity index (χ1) is 12.0. The van der Waals surface area contributed by atoms with Gasteiger partial charge in [0, 0.05) is 12.1 Å². The molecule has 7 nitrogen and oxygen atoms in total. The van der Waals surface area contributed by atoms with Gasteiger partial charge in [-0.25, -0.2) is 9.48 Å². The van der Waals surface area contributed by atoms with E-state index in [4.69, 9.17) is 5.11 Å². The number of carbonyl (C=O) groups excluding carboxylic acids is 1. The zero-order valence-electron chi connectivity index (χ0n) is 14.1. The van der Waals surface area contributed by atoms with Crippen LogP contribution in [0.15, 0.2) is 36.5 Å². The van der Waals surface area contributed by atoms with Gasteiger partial charge in [0.15, 0.2) is 0 Å². The number of anilines is 1. The summed E-state index contributed by atoms with van der Waals surface area (Å²) < 4.78 is 1.69. The van der Waals surface area contributed by atoms with E-state index in [0.29, 0.717) is 31.5 Å². The number of aromatic nitrogens is 2. The summed E-state index contributed by atoms with van der Waals surface area (Å²) in [6.07, 6.45) is 4.20. The van der Waals surface area contributed by atoms with Crippen LogP contribution in [0.4, 0.5) is 10.6 Å². The van der Waals surface area contributed by atoms with Gasteiger partial charge < -0.3 is 10.4 Å². The van der Waals surface area contributed by atoms with Crippen LogP contribution < -0.4 is 10.6 Å². The average molecular weight is 342 g/mol. The predicted octanol–water partition coefficient (Wildman–Crippen LogP) is 2.95. The van der Waals surface area contributed by atoms with Gasteiger partial charge in [-0.05, 0) is 44.2 Å². The first-order valence-corrected chi connectivity index (χ1v) is 8.45. The van der Waals surface area contributed by atoms with Crippen LogP contribution in [0, 0.1) is 12.8 Å². The number of carbonyl (C=O) groups is 2. The zero-order valence-corrected chi connectivity index (χ0v) is 14.1. The van der Waals surface area contributed by atoms with E-state index < -0.39 is 5.97 Å². The maximum atomic E-state index is 12.3. The Kier molecular flexibility index (Phi) is 5.02. The molecule has 1 aromatic heterocycles. The van der Waals surface area contributed by atoms with Crippen LogP contribution in [0.25, 0.3) is 5.69 Å². The topological polar surface area (TPSA) is 96.3 Å². The number of rotatable bonds is 4. The number of amides is 2. The molecular weight excluding hydrogens is 320 g/mol. The molecule has 25 heavy (non-hydrogen) atoms. The van der Waals surface area contributed by atoms with Crippen molar-refractivity contribution in [2.75, 3.05) is 5.32 Å². The maximum Gasteiger partial charge on any atom is 0.320 e. The number of carboxylic acids is 1. The Balaban J connectivity index is 1.61. The first kappa shape index (κ1) is 17.0. The van der Waals surface area contributed by atoms with Gasteiger partial charge in [0.1, 0.15) is 5.82 Å². The van der Waals surface area contributed by atoms with Gasteiger partial charge >= 0.3 is 12.0 Å². The van der Waals surface area contributed by atoms with Gasteiger partial charge in [0.25, 0.3) is 0 Å².